The zero-order valence-corrected chi connectivity index (χ0v) is 19.3. The summed E-state index contributed by atoms with van der Waals surface area (Å²) >= 11 is 0. The number of halogens is 2. The molecule has 0 atom stereocenters. The lowest BCUT2D eigenvalue weighted by Crippen LogP contribution is -2.29. The Bertz CT molecular complexity index is 1630. The van der Waals surface area contributed by atoms with E-state index in [0.29, 0.717) is 23.5 Å². The number of hydrogen-bond acceptors (Lipinski definition) is 4. The van der Waals surface area contributed by atoms with Crippen molar-refractivity contribution in [2.75, 3.05) is 5.32 Å². The van der Waals surface area contributed by atoms with Gasteiger partial charge in [-0.1, -0.05) is 60.7 Å². The molecule has 0 fully saturated rings. The maximum atomic E-state index is 13.6. The number of nitrogens with one attached hydrogen (secondary N) is 1. The van der Waals surface area contributed by atoms with Crippen molar-refractivity contribution in [3.05, 3.63) is 118 Å². The van der Waals surface area contributed by atoms with E-state index in [1.165, 1.54) is 10.6 Å². The topological polar surface area (TPSA) is 81.3 Å². The summed E-state index contributed by atoms with van der Waals surface area (Å²) in [5.41, 5.74) is 2.48. The average molecular weight is 485 g/mol. The number of carbonyl (C=O) groups is 1. The zero-order valence-electron chi connectivity index (χ0n) is 19.3. The van der Waals surface area contributed by atoms with Crippen LogP contribution in [0.4, 0.5) is 14.5 Å². The van der Waals surface area contributed by atoms with Crippen LogP contribution >= 0.6 is 0 Å². The molecule has 0 bridgehead atoms. The highest BCUT2D eigenvalue weighted by atomic mass is 19.2. The molecule has 0 aliphatic rings. The quantitative estimate of drug-likeness (QED) is 0.387. The molecule has 0 spiro atoms. The molecular formula is C27H21F2N5O2. The Hall–Kier alpha value is -4.66. The Kier molecular flexibility index (Phi) is 6.12. The molecule has 0 saturated carbocycles. The van der Waals surface area contributed by atoms with Crippen LogP contribution in [0.1, 0.15) is 16.8 Å². The summed E-state index contributed by atoms with van der Waals surface area (Å²) in [6.07, 6.45) is 0.340. The van der Waals surface area contributed by atoms with Crippen molar-refractivity contribution in [3.63, 3.8) is 0 Å². The molecule has 180 valence electrons. The number of nitrogens with zero attached hydrogens (tertiary/aromatic N) is 4. The normalized spacial score (nSPS) is 11.1. The van der Waals surface area contributed by atoms with Crippen molar-refractivity contribution >= 4 is 17.4 Å². The fraction of sp³-hybridized carbons (Fsp3) is 0.111. The third-order valence-corrected chi connectivity index (χ3v) is 5.88. The number of rotatable bonds is 6. The van der Waals surface area contributed by atoms with Gasteiger partial charge in [0, 0.05) is 35.0 Å². The van der Waals surface area contributed by atoms with Crippen LogP contribution in [0.25, 0.3) is 17.2 Å². The first-order valence-electron chi connectivity index (χ1n) is 11.2. The summed E-state index contributed by atoms with van der Waals surface area (Å²) in [5.74, 6) is -2.02. The highest BCUT2D eigenvalue weighted by Gasteiger charge is 2.20. The molecule has 1 amide bonds. The van der Waals surface area contributed by atoms with E-state index in [1.807, 2.05) is 60.7 Å². The standard InChI is InChI=1S/C27H21F2N5O2/c1-17-21(14-18-8-4-2-5-9-18)26(36)34-27(31-25(32-34)19-10-6-3-7-11-19)33(17)16-24(35)30-20-12-13-22(28)23(29)15-20/h2-13,15H,14,16H2,1H3,(H,30,35). The second kappa shape index (κ2) is 9.53. The third kappa shape index (κ3) is 4.50. The highest BCUT2D eigenvalue weighted by molar-refractivity contribution is 5.90. The first-order chi connectivity index (χ1) is 17.4. The first kappa shape index (κ1) is 23.1. The molecule has 2 aromatic heterocycles. The molecule has 5 rings (SSSR count). The van der Waals surface area contributed by atoms with Crippen molar-refractivity contribution in [1.29, 1.82) is 0 Å². The number of carbonyl (C=O) groups excluding carboxylic acids is 1. The van der Waals surface area contributed by atoms with Gasteiger partial charge in [-0.05, 0) is 24.6 Å². The molecule has 0 aliphatic carbocycles. The Balaban J connectivity index is 1.60. The lowest BCUT2D eigenvalue weighted by Gasteiger charge is -2.15. The summed E-state index contributed by atoms with van der Waals surface area (Å²) in [6, 6.07) is 21.8. The van der Waals surface area contributed by atoms with Gasteiger partial charge in [-0.3, -0.25) is 9.59 Å². The van der Waals surface area contributed by atoms with E-state index >= 15 is 0 Å². The first-order valence-corrected chi connectivity index (χ1v) is 11.2. The van der Waals surface area contributed by atoms with Gasteiger partial charge in [-0.25, -0.2) is 8.78 Å². The third-order valence-electron chi connectivity index (χ3n) is 5.88. The molecule has 0 radical (unpaired) electrons. The van der Waals surface area contributed by atoms with Crippen LogP contribution in [-0.2, 0) is 17.8 Å². The van der Waals surface area contributed by atoms with E-state index in [4.69, 9.17) is 0 Å². The molecule has 1 N–H and O–H groups in total. The molecule has 9 heteroatoms. The maximum Gasteiger partial charge on any atom is 0.279 e. The summed E-state index contributed by atoms with van der Waals surface area (Å²) in [7, 11) is 0. The van der Waals surface area contributed by atoms with Crippen LogP contribution in [-0.4, -0.2) is 25.1 Å². The average Bonchev–Trinajstić information content (AvgIpc) is 3.34. The second-order valence-corrected chi connectivity index (χ2v) is 8.31. The molecule has 0 aliphatic heterocycles. The van der Waals surface area contributed by atoms with Gasteiger partial charge >= 0.3 is 0 Å². The van der Waals surface area contributed by atoms with E-state index in [2.05, 4.69) is 15.4 Å². The monoisotopic (exact) mass is 485 g/mol. The molecule has 0 saturated heterocycles. The fourth-order valence-corrected chi connectivity index (χ4v) is 4.03. The van der Waals surface area contributed by atoms with E-state index in [-0.39, 0.29) is 23.6 Å². The van der Waals surface area contributed by atoms with Crippen molar-refractivity contribution in [1.82, 2.24) is 19.2 Å². The molecular weight excluding hydrogens is 464 g/mol. The van der Waals surface area contributed by atoms with Crippen LogP contribution in [0, 0.1) is 18.6 Å². The van der Waals surface area contributed by atoms with Crippen molar-refractivity contribution in [2.24, 2.45) is 0 Å². The lowest BCUT2D eigenvalue weighted by molar-refractivity contribution is -0.116. The summed E-state index contributed by atoms with van der Waals surface area (Å²) in [6.45, 7) is 1.53. The van der Waals surface area contributed by atoms with E-state index in [1.54, 1.807) is 11.5 Å². The second-order valence-electron chi connectivity index (χ2n) is 8.31. The summed E-state index contributed by atoms with van der Waals surface area (Å²) < 4.78 is 29.7. The van der Waals surface area contributed by atoms with Crippen LogP contribution in [0.2, 0.25) is 0 Å². The van der Waals surface area contributed by atoms with Crippen LogP contribution in [0.15, 0.2) is 83.7 Å². The predicted octanol–water partition coefficient (Wildman–Crippen LogP) is 4.37. The zero-order chi connectivity index (χ0) is 25.2. The largest absolute Gasteiger partial charge is 0.324 e. The van der Waals surface area contributed by atoms with Gasteiger partial charge < -0.3 is 9.88 Å². The van der Waals surface area contributed by atoms with Gasteiger partial charge in [0.25, 0.3) is 5.56 Å². The Morgan fingerprint density at radius 3 is 2.33 bits per heavy atom. The van der Waals surface area contributed by atoms with E-state index < -0.39 is 17.5 Å². The number of fused-ring (bicyclic) bond motifs is 1. The number of aromatic nitrogens is 4. The maximum absolute atomic E-state index is 13.6. The van der Waals surface area contributed by atoms with Gasteiger partial charge in [0.2, 0.25) is 11.7 Å². The Morgan fingerprint density at radius 1 is 0.944 bits per heavy atom. The molecule has 0 unspecified atom stereocenters. The van der Waals surface area contributed by atoms with Gasteiger partial charge in [0.15, 0.2) is 17.5 Å². The number of hydrogen-bond donors (Lipinski definition) is 1. The van der Waals surface area contributed by atoms with Crippen molar-refractivity contribution < 1.29 is 13.6 Å². The molecule has 5 aromatic rings. The number of amides is 1. The van der Waals surface area contributed by atoms with E-state index in [9.17, 15) is 18.4 Å². The van der Waals surface area contributed by atoms with E-state index in [0.717, 1.165) is 23.3 Å². The van der Waals surface area contributed by atoms with Gasteiger partial charge in [0.1, 0.15) is 6.54 Å². The van der Waals surface area contributed by atoms with Gasteiger partial charge in [-0.15, -0.1) is 5.10 Å². The van der Waals surface area contributed by atoms with Crippen LogP contribution < -0.4 is 10.9 Å². The smallest absolute Gasteiger partial charge is 0.279 e. The van der Waals surface area contributed by atoms with Gasteiger partial charge in [-0.2, -0.15) is 9.50 Å². The minimum absolute atomic E-state index is 0.115. The van der Waals surface area contributed by atoms with Crippen LogP contribution in [0.5, 0.6) is 0 Å². The van der Waals surface area contributed by atoms with Gasteiger partial charge in [0.05, 0.1) is 0 Å². The highest BCUT2D eigenvalue weighted by Crippen LogP contribution is 2.19. The Morgan fingerprint density at radius 2 is 1.64 bits per heavy atom. The number of anilines is 1. The molecule has 3 aromatic carbocycles. The van der Waals surface area contributed by atoms with Crippen molar-refractivity contribution in [3.8, 4) is 11.4 Å². The number of benzene rings is 3. The predicted molar refractivity (Wildman–Crippen MR) is 132 cm³/mol. The minimum atomic E-state index is -1.06. The van der Waals surface area contributed by atoms with Crippen molar-refractivity contribution in [2.45, 2.75) is 19.9 Å². The lowest BCUT2D eigenvalue weighted by atomic mass is 10.0. The molecule has 7 nitrogen and oxygen atoms in total. The fourth-order valence-electron chi connectivity index (χ4n) is 4.03. The molecule has 2 heterocycles. The van der Waals surface area contributed by atoms with Crippen LogP contribution in [0.3, 0.4) is 0 Å². The minimum Gasteiger partial charge on any atom is -0.324 e. The summed E-state index contributed by atoms with van der Waals surface area (Å²) in [5, 5.41) is 7.02. The SMILES string of the molecule is Cc1c(Cc2ccccc2)c(=O)n2nc(-c3ccccc3)nc2n1CC(=O)Nc1ccc(F)c(F)c1. The Labute approximate surface area is 204 Å². The molecule has 36 heavy (non-hydrogen) atoms. The summed E-state index contributed by atoms with van der Waals surface area (Å²) in [4.78, 5) is 31.0.